The second-order valence-electron chi connectivity index (χ2n) is 8.05. The molecule has 0 spiro atoms. The Kier molecular flexibility index (Phi) is 4.62. The quantitative estimate of drug-likeness (QED) is 0.334. The minimum absolute atomic E-state index is 0.815. The Morgan fingerprint density at radius 3 is 2.29 bits per heavy atom. The van der Waals surface area contributed by atoms with Gasteiger partial charge in [-0.3, -0.25) is 0 Å². The third-order valence-corrected chi connectivity index (χ3v) is 5.35. The van der Waals surface area contributed by atoms with E-state index in [4.69, 9.17) is 5.10 Å². The zero-order chi connectivity index (χ0) is 19.7. The molecule has 138 valence electrons. The van der Waals surface area contributed by atoms with Gasteiger partial charge in [0.05, 0.1) is 5.69 Å². The summed E-state index contributed by atoms with van der Waals surface area (Å²) in [5, 5.41) is 4.87. The monoisotopic (exact) mass is 381 g/mol. The molecule has 0 atom stereocenters. The first-order valence-corrected chi connectivity index (χ1v) is 13.0. The summed E-state index contributed by atoms with van der Waals surface area (Å²) in [5.74, 6) is 3.44. The molecule has 2 heterocycles. The van der Waals surface area contributed by atoms with Crippen LogP contribution < -0.4 is 0 Å². The Morgan fingerprint density at radius 1 is 0.893 bits per heavy atom. The third kappa shape index (κ3) is 3.76. The molecule has 0 bridgehead atoms. The largest absolute Gasteiger partial charge is 0.236 e. The van der Waals surface area contributed by atoms with Crippen LogP contribution in [0.25, 0.3) is 28.0 Å². The molecule has 2 aromatic carbocycles. The fourth-order valence-electron chi connectivity index (χ4n) is 3.00. The van der Waals surface area contributed by atoms with E-state index in [-0.39, 0.29) is 0 Å². The smallest absolute Gasteiger partial charge is 0.157 e. The Hall–Kier alpha value is -3.16. The van der Waals surface area contributed by atoms with Gasteiger partial charge < -0.3 is 0 Å². The SMILES string of the molecule is Cc1ccc(-c2cc3ncc(-c4ccccc4)c(C#C[Si](C)(C)C)n3n2)cc1. The summed E-state index contributed by atoms with van der Waals surface area (Å²) in [6.45, 7) is 8.84. The van der Waals surface area contributed by atoms with Crippen molar-refractivity contribution in [2.24, 2.45) is 0 Å². The summed E-state index contributed by atoms with van der Waals surface area (Å²) in [7, 11) is -1.54. The van der Waals surface area contributed by atoms with Crippen LogP contribution in [-0.4, -0.2) is 22.7 Å². The summed E-state index contributed by atoms with van der Waals surface area (Å²) in [6, 6.07) is 20.7. The van der Waals surface area contributed by atoms with Crippen molar-refractivity contribution in [2.75, 3.05) is 0 Å². The van der Waals surface area contributed by atoms with E-state index in [0.717, 1.165) is 33.7 Å². The highest BCUT2D eigenvalue weighted by Gasteiger charge is 2.14. The molecule has 0 aliphatic rings. The van der Waals surface area contributed by atoms with Crippen LogP contribution in [0, 0.1) is 18.4 Å². The van der Waals surface area contributed by atoms with Crippen LogP contribution in [0.5, 0.6) is 0 Å². The van der Waals surface area contributed by atoms with Crippen LogP contribution >= 0.6 is 0 Å². The minimum atomic E-state index is -1.54. The van der Waals surface area contributed by atoms with Crippen molar-refractivity contribution in [3.05, 3.63) is 78.1 Å². The molecule has 0 saturated carbocycles. The molecule has 4 heteroatoms. The summed E-state index contributed by atoms with van der Waals surface area (Å²) < 4.78 is 1.89. The van der Waals surface area contributed by atoms with E-state index in [1.54, 1.807) is 0 Å². The first-order valence-electron chi connectivity index (χ1n) is 9.45. The van der Waals surface area contributed by atoms with Gasteiger partial charge in [-0.25, -0.2) is 9.50 Å². The molecular formula is C24H23N3Si. The molecule has 0 fully saturated rings. The maximum absolute atomic E-state index is 4.87. The van der Waals surface area contributed by atoms with E-state index >= 15 is 0 Å². The molecule has 0 saturated heterocycles. The Bertz CT molecular complexity index is 1190. The van der Waals surface area contributed by atoms with Crippen molar-refractivity contribution in [2.45, 2.75) is 26.6 Å². The molecule has 4 rings (SSSR count). The van der Waals surface area contributed by atoms with Gasteiger partial charge in [-0.05, 0) is 12.5 Å². The number of benzene rings is 2. The molecule has 3 nitrogen and oxygen atoms in total. The second kappa shape index (κ2) is 7.10. The fourth-order valence-corrected chi connectivity index (χ4v) is 3.49. The zero-order valence-corrected chi connectivity index (χ0v) is 17.7. The van der Waals surface area contributed by atoms with Crippen molar-refractivity contribution in [1.29, 1.82) is 0 Å². The van der Waals surface area contributed by atoms with Gasteiger partial charge in [-0.1, -0.05) is 85.7 Å². The van der Waals surface area contributed by atoms with Crippen molar-refractivity contribution >= 4 is 13.7 Å². The second-order valence-corrected chi connectivity index (χ2v) is 12.8. The number of aromatic nitrogens is 3. The van der Waals surface area contributed by atoms with Crippen molar-refractivity contribution in [3.8, 4) is 33.8 Å². The number of nitrogens with zero attached hydrogens (tertiary/aromatic N) is 3. The van der Waals surface area contributed by atoms with Crippen LogP contribution in [0.15, 0.2) is 66.9 Å². The van der Waals surface area contributed by atoms with Crippen LogP contribution in [0.1, 0.15) is 11.3 Å². The Morgan fingerprint density at radius 2 is 1.61 bits per heavy atom. The van der Waals surface area contributed by atoms with Crippen LogP contribution in [0.2, 0.25) is 19.6 Å². The van der Waals surface area contributed by atoms with E-state index in [1.165, 1.54) is 5.56 Å². The molecule has 0 aliphatic heterocycles. The van der Waals surface area contributed by atoms with E-state index in [0.29, 0.717) is 0 Å². The predicted molar refractivity (Wildman–Crippen MR) is 119 cm³/mol. The molecule has 0 aliphatic carbocycles. The average molecular weight is 382 g/mol. The van der Waals surface area contributed by atoms with Gasteiger partial charge >= 0.3 is 0 Å². The van der Waals surface area contributed by atoms with Gasteiger partial charge in [-0.15, -0.1) is 5.54 Å². The molecule has 2 aromatic heterocycles. The molecule has 0 amide bonds. The minimum Gasteiger partial charge on any atom is -0.236 e. The topological polar surface area (TPSA) is 30.2 Å². The lowest BCUT2D eigenvalue weighted by Crippen LogP contribution is -2.16. The van der Waals surface area contributed by atoms with Gasteiger partial charge in [-0.2, -0.15) is 5.10 Å². The van der Waals surface area contributed by atoms with Gasteiger partial charge in [0.25, 0.3) is 0 Å². The molecule has 4 aromatic rings. The predicted octanol–water partition coefficient (Wildman–Crippen LogP) is 5.60. The fraction of sp³-hybridized carbons (Fsp3) is 0.167. The van der Waals surface area contributed by atoms with Crippen LogP contribution in [-0.2, 0) is 0 Å². The van der Waals surface area contributed by atoms with Crippen LogP contribution in [0.3, 0.4) is 0 Å². The van der Waals surface area contributed by atoms with Crippen LogP contribution in [0.4, 0.5) is 0 Å². The number of hydrogen-bond acceptors (Lipinski definition) is 2. The van der Waals surface area contributed by atoms with Gasteiger partial charge in [0, 0.05) is 23.4 Å². The molecule has 0 radical (unpaired) electrons. The van der Waals surface area contributed by atoms with E-state index in [2.05, 4.69) is 79.4 Å². The summed E-state index contributed by atoms with van der Waals surface area (Å²) in [5.41, 5.74) is 10.6. The lowest BCUT2D eigenvalue weighted by molar-refractivity contribution is 0.930. The van der Waals surface area contributed by atoms with Gasteiger partial charge in [0.15, 0.2) is 5.65 Å². The van der Waals surface area contributed by atoms with E-state index in [1.807, 2.05) is 35.0 Å². The number of aryl methyl sites for hydroxylation is 1. The van der Waals surface area contributed by atoms with Gasteiger partial charge in [0.1, 0.15) is 13.8 Å². The zero-order valence-electron chi connectivity index (χ0n) is 16.7. The standard InChI is InChI=1S/C24H23N3Si/c1-18-10-12-20(13-11-18)22-16-24-25-17-21(19-8-6-5-7-9-19)23(27(24)26-22)14-15-28(2,3)4/h5-13,16-17H,1-4H3. The lowest BCUT2D eigenvalue weighted by Gasteiger charge is -2.08. The first-order chi connectivity index (χ1) is 13.4. The highest BCUT2D eigenvalue weighted by atomic mass is 28.3. The Labute approximate surface area is 167 Å². The molecule has 0 N–H and O–H groups in total. The summed E-state index contributed by atoms with van der Waals surface area (Å²) in [4.78, 5) is 4.67. The van der Waals surface area contributed by atoms with Crippen molar-refractivity contribution in [1.82, 2.24) is 14.6 Å². The molecular weight excluding hydrogens is 358 g/mol. The van der Waals surface area contributed by atoms with Crippen molar-refractivity contribution in [3.63, 3.8) is 0 Å². The number of rotatable bonds is 2. The maximum atomic E-state index is 4.87. The van der Waals surface area contributed by atoms with E-state index < -0.39 is 8.07 Å². The number of hydrogen-bond donors (Lipinski definition) is 0. The first kappa shape index (κ1) is 18.2. The maximum Gasteiger partial charge on any atom is 0.157 e. The highest BCUT2D eigenvalue weighted by Crippen LogP contribution is 2.26. The average Bonchev–Trinajstić information content (AvgIpc) is 3.11. The third-order valence-electron chi connectivity index (χ3n) is 4.47. The van der Waals surface area contributed by atoms with Crippen molar-refractivity contribution < 1.29 is 0 Å². The summed E-state index contributed by atoms with van der Waals surface area (Å²) >= 11 is 0. The molecule has 0 unspecified atom stereocenters. The Balaban J connectivity index is 1.95. The number of fused-ring (bicyclic) bond motifs is 1. The normalized spacial score (nSPS) is 11.3. The van der Waals surface area contributed by atoms with Gasteiger partial charge in [0.2, 0.25) is 0 Å². The lowest BCUT2D eigenvalue weighted by atomic mass is 10.1. The highest BCUT2D eigenvalue weighted by molar-refractivity contribution is 6.83. The molecule has 28 heavy (non-hydrogen) atoms. The van der Waals surface area contributed by atoms with E-state index in [9.17, 15) is 0 Å². The summed E-state index contributed by atoms with van der Waals surface area (Å²) in [6.07, 6.45) is 1.92.